The van der Waals surface area contributed by atoms with Crippen molar-refractivity contribution in [2.75, 3.05) is 19.5 Å². The molecule has 0 bridgehead atoms. The van der Waals surface area contributed by atoms with Crippen molar-refractivity contribution in [3.63, 3.8) is 0 Å². The Hall–Kier alpha value is -2.48. The summed E-state index contributed by atoms with van der Waals surface area (Å²) in [6.07, 6.45) is -3.85. The highest BCUT2D eigenvalue weighted by atomic mass is 35.5. The van der Waals surface area contributed by atoms with E-state index >= 15 is 0 Å². The van der Waals surface area contributed by atoms with E-state index < -0.39 is 28.4 Å². The molecule has 0 fully saturated rings. The molecule has 0 unspecified atom stereocenters. The predicted molar refractivity (Wildman–Crippen MR) is 81.7 cm³/mol. The summed E-state index contributed by atoms with van der Waals surface area (Å²) in [6, 6.07) is 5.06. The molecule has 24 heavy (non-hydrogen) atoms. The van der Waals surface area contributed by atoms with Crippen LogP contribution in [0.5, 0.6) is 11.5 Å². The summed E-state index contributed by atoms with van der Waals surface area (Å²) >= 11 is 5.69. The Kier molecular flexibility index (Phi) is 5.18. The van der Waals surface area contributed by atoms with Gasteiger partial charge in [-0.25, -0.2) is 4.98 Å². The zero-order valence-electron chi connectivity index (χ0n) is 12.6. The van der Waals surface area contributed by atoms with E-state index in [9.17, 15) is 18.0 Å². The van der Waals surface area contributed by atoms with Gasteiger partial charge in [-0.15, -0.1) is 0 Å². The zero-order valence-corrected chi connectivity index (χ0v) is 13.3. The average molecular weight is 361 g/mol. The Labute approximate surface area is 140 Å². The number of methoxy groups -OCH3 is 2. The second kappa shape index (κ2) is 6.96. The number of anilines is 1. The highest BCUT2D eigenvalue weighted by molar-refractivity contribution is 6.33. The first-order valence-electron chi connectivity index (χ1n) is 6.53. The Morgan fingerprint density at radius 1 is 1.17 bits per heavy atom. The van der Waals surface area contributed by atoms with Gasteiger partial charge in [-0.05, 0) is 18.2 Å². The summed E-state index contributed by atoms with van der Waals surface area (Å²) in [4.78, 5) is 15.8. The maximum Gasteiger partial charge on any atom is 0.417 e. The minimum absolute atomic E-state index is 0.214. The van der Waals surface area contributed by atoms with Gasteiger partial charge in [0.05, 0.1) is 25.3 Å². The van der Waals surface area contributed by atoms with E-state index in [2.05, 4.69) is 10.3 Å². The van der Waals surface area contributed by atoms with E-state index in [4.69, 9.17) is 21.1 Å². The van der Waals surface area contributed by atoms with E-state index in [1.54, 1.807) is 0 Å². The fourth-order valence-corrected chi connectivity index (χ4v) is 2.24. The zero-order chi connectivity index (χ0) is 17.9. The van der Waals surface area contributed by atoms with E-state index in [1.165, 1.54) is 32.4 Å². The molecule has 0 aliphatic rings. The number of halogens is 4. The van der Waals surface area contributed by atoms with Crippen molar-refractivity contribution in [1.82, 2.24) is 4.98 Å². The van der Waals surface area contributed by atoms with Crippen LogP contribution in [0, 0.1) is 0 Å². The van der Waals surface area contributed by atoms with Crippen LogP contribution in [0.2, 0.25) is 5.15 Å². The van der Waals surface area contributed by atoms with E-state index in [0.29, 0.717) is 17.6 Å². The number of carbonyl (C=O) groups is 1. The molecular formula is C15H12ClF3N2O3. The van der Waals surface area contributed by atoms with Crippen molar-refractivity contribution in [1.29, 1.82) is 0 Å². The van der Waals surface area contributed by atoms with E-state index in [0.717, 1.165) is 6.20 Å². The number of hydrogen-bond acceptors (Lipinski definition) is 4. The van der Waals surface area contributed by atoms with Crippen molar-refractivity contribution < 1.29 is 27.4 Å². The first-order chi connectivity index (χ1) is 11.3. The Morgan fingerprint density at radius 3 is 2.42 bits per heavy atom. The lowest BCUT2D eigenvalue weighted by molar-refractivity contribution is -0.137. The number of aromatic nitrogens is 1. The summed E-state index contributed by atoms with van der Waals surface area (Å²) in [5.74, 6) is -0.317. The van der Waals surface area contributed by atoms with Crippen LogP contribution in [-0.4, -0.2) is 25.1 Å². The molecular weight excluding hydrogens is 349 g/mol. The van der Waals surface area contributed by atoms with Crippen LogP contribution in [-0.2, 0) is 6.18 Å². The molecule has 2 aromatic rings. The van der Waals surface area contributed by atoms with Gasteiger partial charge in [0.15, 0.2) is 11.5 Å². The topological polar surface area (TPSA) is 60.5 Å². The van der Waals surface area contributed by atoms with Gasteiger partial charge in [0.2, 0.25) is 0 Å². The number of rotatable bonds is 4. The van der Waals surface area contributed by atoms with Crippen LogP contribution in [0.1, 0.15) is 15.9 Å². The summed E-state index contributed by atoms with van der Waals surface area (Å²) in [6.45, 7) is 0. The number of nitrogens with zero attached hydrogens (tertiary/aromatic N) is 1. The second-order valence-corrected chi connectivity index (χ2v) is 4.90. The molecule has 0 aliphatic carbocycles. The Balaban J connectivity index is 2.38. The van der Waals surface area contributed by atoms with Crippen molar-refractivity contribution >= 4 is 23.2 Å². The van der Waals surface area contributed by atoms with Gasteiger partial charge in [0.25, 0.3) is 5.91 Å². The number of pyridine rings is 1. The van der Waals surface area contributed by atoms with Gasteiger partial charge in [-0.1, -0.05) is 11.6 Å². The van der Waals surface area contributed by atoms with Crippen LogP contribution in [0.3, 0.4) is 0 Å². The fraction of sp³-hybridized carbons (Fsp3) is 0.200. The van der Waals surface area contributed by atoms with Gasteiger partial charge >= 0.3 is 6.18 Å². The molecule has 1 aromatic carbocycles. The molecule has 2 rings (SSSR count). The van der Waals surface area contributed by atoms with Crippen LogP contribution >= 0.6 is 11.6 Å². The maximum absolute atomic E-state index is 13.0. The predicted octanol–water partition coefficient (Wildman–Crippen LogP) is 4.02. The summed E-state index contributed by atoms with van der Waals surface area (Å²) in [7, 11) is 2.82. The summed E-state index contributed by atoms with van der Waals surface area (Å²) in [5, 5.41) is 1.80. The number of alkyl halides is 3. The lowest BCUT2D eigenvalue weighted by atomic mass is 10.1. The number of nitrogens with one attached hydrogen (secondary N) is 1. The molecule has 0 spiro atoms. The molecule has 1 aromatic heterocycles. The van der Waals surface area contributed by atoms with Gasteiger partial charge in [-0.2, -0.15) is 13.2 Å². The first kappa shape index (κ1) is 17.9. The third-order valence-electron chi connectivity index (χ3n) is 3.08. The van der Waals surface area contributed by atoms with Gasteiger partial charge in [0, 0.05) is 18.0 Å². The average Bonchev–Trinajstić information content (AvgIpc) is 2.53. The van der Waals surface area contributed by atoms with Crippen LogP contribution in [0.15, 0.2) is 30.5 Å². The minimum Gasteiger partial charge on any atom is -0.493 e. The normalized spacial score (nSPS) is 11.1. The number of benzene rings is 1. The summed E-state index contributed by atoms with van der Waals surface area (Å²) in [5.41, 5.74) is -1.70. The molecule has 0 radical (unpaired) electrons. The minimum atomic E-state index is -4.74. The van der Waals surface area contributed by atoms with Gasteiger partial charge in [0.1, 0.15) is 5.15 Å². The van der Waals surface area contributed by atoms with Crippen molar-refractivity contribution in [2.45, 2.75) is 6.18 Å². The molecule has 0 atom stereocenters. The molecule has 0 saturated carbocycles. The lowest BCUT2D eigenvalue weighted by Crippen LogP contribution is -2.20. The maximum atomic E-state index is 13.0. The van der Waals surface area contributed by atoms with Crippen molar-refractivity contribution in [3.05, 3.63) is 46.7 Å². The summed E-state index contributed by atoms with van der Waals surface area (Å²) < 4.78 is 49.2. The molecule has 1 N–H and O–H groups in total. The number of carbonyl (C=O) groups excluding carboxylic acids is 1. The molecule has 1 heterocycles. The van der Waals surface area contributed by atoms with Gasteiger partial charge in [-0.3, -0.25) is 4.79 Å². The van der Waals surface area contributed by atoms with E-state index in [-0.39, 0.29) is 5.69 Å². The second-order valence-electron chi connectivity index (χ2n) is 4.55. The molecule has 0 saturated heterocycles. The Bertz CT molecular complexity index is 766. The van der Waals surface area contributed by atoms with E-state index in [1.807, 2.05) is 0 Å². The quantitative estimate of drug-likeness (QED) is 0.836. The molecule has 128 valence electrons. The monoisotopic (exact) mass is 360 g/mol. The molecule has 5 nitrogen and oxygen atoms in total. The number of hydrogen-bond donors (Lipinski definition) is 1. The number of ether oxygens (including phenoxy) is 2. The van der Waals surface area contributed by atoms with Crippen LogP contribution < -0.4 is 14.8 Å². The van der Waals surface area contributed by atoms with Crippen molar-refractivity contribution in [2.24, 2.45) is 0 Å². The van der Waals surface area contributed by atoms with Crippen LogP contribution in [0.4, 0.5) is 18.9 Å². The highest BCUT2D eigenvalue weighted by Gasteiger charge is 2.36. The SMILES string of the molecule is COc1ccc(NC(=O)c2c(C(F)(F)F)ccnc2Cl)cc1OC. The largest absolute Gasteiger partial charge is 0.493 e. The smallest absolute Gasteiger partial charge is 0.417 e. The molecule has 0 aliphatic heterocycles. The van der Waals surface area contributed by atoms with Crippen molar-refractivity contribution in [3.8, 4) is 11.5 Å². The highest BCUT2D eigenvalue weighted by Crippen LogP contribution is 2.35. The standard InChI is InChI=1S/C15H12ClF3N2O3/c1-23-10-4-3-8(7-11(10)24-2)21-14(22)12-9(15(17,18)19)5-6-20-13(12)16/h3-7H,1-2H3,(H,21,22). The lowest BCUT2D eigenvalue weighted by Gasteiger charge is -2.14. The molecule has 1 amide bonds. The van der Waals surface area contributed by atoms with Gasteiger partial charge < -0.3 is 14.8 Å². The fourth-order valence-electron chi connectivity index (χ4n) is 2.00. The third-order valence-corrected chi connectivity index (χ3v) is 3.37. The molecule has 9 heteroatoms. The third kappa shape index (κ3) is 3.70. The Morgan fingerprint density at radius 2 is 1.83 bits per heavy atom. The first-order valence-corrected chi connectivity index (χ1v) is 6.90. The van der Waals surface area contributed by atoms with Crippen LogP contribution in [0.25, 0.3) is 0 Å². The number of amides is 1.